The molecular formula is C16H24N2OS+2. The smallest absolute Gasteiger partial charge is 0.195 e. The number of hydrogen-bond donors (Lipinski definition) is 2. The van der Waals surface area contributed by atoms with Gasteiger partial charge in [0.05, 0.1) is 24.2 Å². The fourth-order valence-corrected chi connectivity index (χ4v) is 4.03. The third-order valence-corrected chi connectivity index (χ3v) is 5.19. The molecule has 0 spiro atoms. The Balaban J connectivity index is 1.58. The molecule has 1 aliphatic rings. The lowest BCUT2D eigenvalue weighted by Gasteiger charge is -2.21. The average molecular weight is 292 g/mol. The highest BCUT2D eigenvalue weighted by molar-refractivity contribution is 7.11. The van der Waals surface area contributed by atoms with Gasteiger partial charge < -0.3 is 14.6 Å². The number of thiophene rings is 1. The summed E-state index contributed by atoms with van der Waals surface area (Å²) in [6.07, 6.45) is 4.52. The molecule has 1 saturated heterocycles. The first kappa shape index (κ1) is 13.9. The van der Waals surface area contributed by atoms with E-state index < -0.39 is 0 Å². The van der Waals surface area contributed by atoms with Gasteiger partial charge in [-0.3, -0.25) is 0 Å². The van der Waals surface area contributed by atoms with Gasteiger partial charge in [0.2, 0.25) is 0 Å². The van der Waals surface area contributed by atoms with E-state index in [4.69, 9.17) is 4.42 Å². The number of rotatable bonds is 6. The van der Waals surface area contributed by atoms with Crippen LogP contribution in [0.15, 0.2) is 34.9 Å². The van der Waals surface area contributed by atoms with Crippen LogP contribution in [0.25, 0.3) is 0 Å². The summed E-state index contributed by atoms with van der Waals surface area (Å²) in [5.41, 5.74) is 0. The van der Waals surface area contributed by atoms with Crippen molar-refractivity contribution >= 4 is 11.3 Å². The molecule has 3 heterocycles. The molecule has 0 radical (unpaired) electrons. The van der Waals surface area contributed by atoms with Gasteiger partial charge in [0.25, 0.3) is 0 Å². The highest BCUT2D eigenvalue weighted by Gasteiger charge is 2.30. The molecule has 20 heavy (non-hydrogen) atoms. The fraction of sp³-hybridized carbons (Fsp3) is 0.500. The number of likely N-dealkylation sites (tertiary alicyclic amines) is 1. The van der Waals surface area contributed by atoms with Crippen LogP contribution < -0.4 is 10.2 Å². The van der Waals surface area contributed by atoms with Crippen molar-refractivity contribution in [3.05, 3.63) is 46.0 Å². The molecule has 3 N–H and O–H groups in total. The monoisotopic (exact) mass is 292 g/mol. The second kappa shape index (κ2) is 6.57. The first-order valence-electron chi connectivity index (χ1n) is 7.58. The van der Waals surface area contributed by atoms with Crippen LogP contribution in [-0.4, -0.2) is 19.6 Å². The molecule has 4 heteroatoms. The molecule has 1 atom stereocenters. The van der Waals surface area contributed by atoms with E-state index in [0.717, 1.165) is 18.8 Å². The van der Waals surface area contributed by atoms with Crippen LogP contribution in [0.3, 0.4) is 0 Å². The minimum absolute atomic E-state index is 0.508. The maximum absolute atomic E-state index is 5.68. The van der Waals surface area contributed by atoms with Crippen LogP contribution in [-0.2, 0) is 6.54 Å². The number of aryl methyl sites for hydroxylation is 1. The van der Waals surface area contributed by atoms with Gasteiger partial charge in [0, 0.05) is 17.7 Å². The number of nitrogens with two attached hydrogens (primary N) is 1. The molecule has 2 aromatic heterocycles. The normalized spacial score (nSPS) is 17.6. The summed E-state index contributed by atoms with van der Waals surface area (Å²) in [5, 5.41) is 2.43. The van der Waals surface area contributed by atoms with Crippen molar-refractivity contribution in [2.45, 2.75) is 32.4 Å². The largest absolute Gasteiger partial charge is 0.463 e. The molecule has 2 aromatic rings. The first-order chi connectivity index (χ1) is 9.83. The van der Waals surface area contributed by atoms with E-state index in [1.807, 2.05) is 17.4 Å². The van der Waals surface area contributed by atoms with Crippen LogP contribution in [0.5, 0.6) is 0 Å². The summed E-state index contributed by atoms with van der Waals surface area (Å²) in [6.45, 7) is 6.95. The summed E-state index contributed by atoms with van der Waals surface area (Å²) >= 11 is 1.91. The Bertz CT molecular complexity index is 514. The van der Waals surface area contributed by atoms with E-state index in [9.17, 15) is 0 Å². The maximum Gasteiger partial charge on any atom is 0.195 e. The number of quaternary nitrogens is 2. The van der Waals surface area contributed by atoms with E-state index in [2.05, 4.69) is 30.4 Å². The predicted molar refractivity (Wildman–Crippen MR) is 80.9 cm³/mol. The zero-order valence-corrected chi connectivity index (χ0v) is 12.9. The molecule has 3 nitrogen and oxygen atoms in total. The van der Waals surface area contributed by atoms with E-state index in [0.29, 0.717) is 6.04 Å². The summed E-state index contributed by atoms with van der Waals surface area (Å²) in [5.74, 6) is 1.15. The molecule has 0 amide bonds. The topological polar surface area (TPSA) is 34.2 Å². The Hall–Kier alpha value is -1.10. The maximum atomic E-state index is 5.68. The van der Waals surface area contributed by atoms with E-state index in [-0.39, 0.29) is 0 Å². The lowest BCUT2D eigenvalue weighted by molar-refractivity contribution is -0.936. The molecule has 1 aliphatic heterocycles. The molecule has 108 valence electrons. The summed E-state index contributed by atoms with van der Waals surface area (Å²) < 4.78 is 5.68. The first-order valence-corrected chi connectivity index (χ1v) is 8.39. The Morgan fingerprint density at radius 2 is 2.15 bits per heavy atom. The molecule has 0 saturated carbocycles. The van der Waals surface area contributed by atoms with Gasteiger partial charge in [0.1, 0.15) is 13.1 Å². The number of hydrogen-bond acceptors (Lipinski definition) is 2. The highest BCUT2D eigenvalue weighted by atomic mass is 32.1. The zero-order chi connectivity index (χ0) is 13.8. The van der Waals surface area contributed by atoms with Crippen molar-refractivity contribution in [3.63, 3.8) is 0 Å². The van der Waals surface area contributed by atoms with E-state index in [1.54, 1.807) is 11.2 Å². The molecule has 3 rings (SSSR count). The van der Waals surface area contributed by atoms with Crippen molar-refractivity contribution in [2.75, 3.05) is 19.6 Å². The number of nitrogens with one attached hydrogen (secondary N) is 1. The quantitative estimate of drug-likeness (QED) is 0.822. The van der Waals surface area contributed by atoms with E-state index in [1.165, 1.54) is 35.7 Å². The van der Waals surface area contributed by atoms with Crippen LogP contribution in [0.4, 0.5) is 0 Å². The zero-order valence-electron chi connectivity index (χ0n) is 12.1. The van der Waals surface area contributed by atoms with Gasteiger partial charge in [-0.05, 0) is 31.2 Å². The Kier molecular flexibility index (Phi) is 4.55. The average Bonchev–Trinajstić information content (AvgIpc) is 3.18. The SMILES string of the molecule is Cc1ccc(C[NH2+]C[C@@H](c2ccco2)[NH+]2CCCC2)s1. The van der Waals surface area contributed by atoms with Crippen molar-refractivity contribution in [3.8, 4) is 0 Å². The van der Waals surface area contributed by atoms with Crippen molar-refractivity contribution in [1.82, 2.24) is 0 Å². The van der Waals surface area contributed by atoms with Gasteiger partial charge in [0.15, 0.2) is 11.8 Å². The minimum atomic E-state index is 0.508. The van der Waals surface area contributed by atoms with Crippen molar-refractivity contribution in [2.24, 2.45) is 0 Å². The molecule has 0 aliphatic carbocycles. The molecule has 0 aromatic carbocycles. The summed E-state index contributed by atoms with van der Waals surface area (Å²) in [7, 11) is 0. The third-order valence-electron chi connectivity index (χ3n) is 4.17. The van der Waals surface area contributed by atoms with Gasteiger partial charge in [-0.2, -0.15) is 0 Å². The van der Waals surface area contributed by atoms with E-state index >= 15 is 0 Å². The lowest BCUT2D eigenvalue weighted by atomic mass is 10.2. The summed E-state index contributed by atoms with van der Waals surface area (Å²) in [6, 6.07) is 9.12. The standard InChI is InChI=1S/C16H22N2OS/c1-13-6-7-14(20-13)11-17-12-15(16-5-4-10-19-16)18-8-2-3-9-18/h4-7,10,15,17H,2-3,8-9,11-12H2,1H3/p+2/t15-/m0/s1. The van der Waals surface area contributed by atoms with Gasteiger partial charge in [-0.15, -0.1) is 11.3 Å². The highest BCUT2D eigenvalue weighted by Crippen LogP contribution is 2.14. The van der Waals surface area contributed by atoms with Crippen LogP contribution >= 0.6 is 11.3 Å². The second-order valence-corrected chi connectivity index (χ2v) is 7.05. The number of furan rings is 1. The second-order valence-electron chi connectivity index (χ2n) is 5.67. The van der Waals surface area contributed by atoms with Gasteiger partial charge in [-0.1, -0.05) is 0 Å². The van der Waals surface area contributed by atoms with Crippen LogP contribution in [0.2, 0.25) is 0 Å². The molecule has 1 fully saturated rings. The van der Waals surface area contributed by atoms with Crippen LogP contribution in [0, 0.1) is 6.92 Å². The molecular weight excluding hydrogens is 268 g/mol. The lowest BCUT2D eigenvalue weighted by Crippen LogP contribution is -3.13. The molecule has 0 unspecified atom stereocenters. The van der Waals surface area contributed by atoms with Gasteiger partial charge in [-0.25, -0.2) is 0 Å². The Labute approximate surface area is 124 Å². The Morgan fingerprint density at radius 3 is 2.80 bits per heavy atom. The van der Waals surface area contributed by atoms with Crippen molar-refractivity contribution in [1.29, 1.82) is 0 Å². The van der Waals surface area contributed by atoms with Crippen LogP contribution in [0.1, 0.15) is 34.4 Å². The summed E-state index contributed by atoms with van der Waals surface area (Å²) in [4.78, 5) is 4.57. The molecule has 0 bridgehead atoms. The Morgan fingerprint density at radius 1 is 1.30 bits per heavy atom. The van der Waals surface area contributed by atoms with Gasteiger partial charge >= 0.3 is 0 Å². The predicted octanol–water partition coefficient (Wildman–Crippen LogP) is 1.13. The third kappa shape index (κ3) is 3.32. The fourth-order valence-electron chi connectivity index (χ4n) is 3.14. The van der Waals surface area contributed by atoms with Crippen molar-refractivity contribution < 1.29 is 14.6 Å². The minimum Gasteiger partial charge on any atom is -0.463 e.